The Kier molecular flexibility index (Phi) is 4.94. The Hall–Kier alpha value is -0.160. The summed E-state index contributed by atoms with van der Waals surface area (Å²) in [7, 11) is 0. The molecular formula is C27H45NO3. The van der Waals surface area contributed by atoms with Crippen LogP contribution in [0.3, 0.4) is 0 Å². The van der Waals surface area contributed by atoms with Gasteiger partial charge in [0.05, 0.1) is 17.8 Å². The van der Waals surface area contributed by atoms with Gasteiger partial charge in [-0.1, -0.05) is 13.8 Å². The van der Waals surface area contributed by atoms with Crippen LogP contribution in [0.25, 0.3) is 0 Å². The third-order valence-electron chi connectivity index (χ3n) is 12.0. The zero-order valence-corrected chi connectivity index (χ0v) is 19.9. The lowest BCUT2D eigenvalue weighted by Gasteiger charge is -2.60. The average molecular weight is 432 g/mol. The smallest absolute Gasteiger partial charge is 0.0805 e. The molecule has 0 radical (unpaired) electrons. The van der Waals surface area contributed by atoms with Crippen molar-refractivity contribution >= 4 is 0 Å². The molecule has 2 aliphatic heterocycles. The summed E-state index contributed by atoms with van der Waals surface area (Å²) in [5.74, 6) is 4.89. The van der Waals surface area contributed by atoms with Crippen LogP contribution in [0.15, 0.2) is 0 Å². The van der Waals surface area contributed by atoms with Gasteiger partial charge in [-0.25, -0.2) is 0 Å². The van der Waals surface area contributed by atoms with E-state index in [9.17, 15) is 15.3 Å². The first kappa shape index (κ1) is 21.4. The van der Waals surface area contributed by atoms with Crippen molar-refractivity contribution in [2.45, 2.75) is 102 Å². The Labute approximate surface area is 188 Å². The van der Waals surface area contributed by atoms with E-state index in [4.69, 9.17) is 0 Å². The maximum atomic E-state index is 11.8. The summed E-state index contributed by atoms with van der Waals surface area (Å²) in [6, 6.07) is 0.355. The summed E-state index contributed by atoms with van der Waals surface area (Å²) in [5.41, 5.74) is -0.365. The van der Waals surface area contributed by atoms with E-state index in [2.05, 4.69) is 25.7 Å². The molecule has 4 heteroatoms. The van der Waals surface area contributed by atoms with E-state index in [0.717, 1.165) is 50.5 Å². The quantitative estimate of drug-likeness (QED) is 0.547. The third kappa shape index (κ3) is 3.00. The summed E-state index contributed by atoms with van der Waals surface area (Å²) in [4.78, 5) is 2.68. The Morgan fingerprint density at radius 2 is 1.55 bits per heavy atom. The van der Waals surface area contributed by atoms with E-state index in [1.54, 1.807) is 0 Å². The molecule has 0 aromatic carbocycles. The van der Waals surface area contributed by atoms with Gasteiger partial charge in [-0.2, -0.15) is 0 Å². The standard InChI is InChI=1S/C27H45NO3/c1-15-4-7-25-27(3,31)21-6-5-17-18(20(21)14-28(25)13-15)11-22-19(17)12-24(30)23-10-16(29)8-9-26(22,23)2/h15-25,29-31H,4-14H2,1-3H3/t15-,16-,17+,18+,19-,20-,21-,22?,23+,24-,25?,26+,27+/m0/s1. The number of aliphatic hydroxyl groups is 3. The van der Waals surface area contributed by atoms with Crippen molar-refractivity contribution in [3.05, 3.63) is 0 Å². The molecule has 6 rings (SSSR count). The highest BCUT2D eigenvalue weighted by molar-refractivity contribution is 5.14. The molecular weight excluding hydrogens is 386 g/mol. The average Bonchev–Trinajstić information content (AvgIpc) is 3.09. The molecule has 31 heavy (non-hydrogen) atoms. The van der Waals surface area contributed by atoms with Crippen LogP contribution in [0, 0.1) is 52.8 Å². The number of fused-ring (bicyclic) bond motifs is 8. The van der Waals surface area contributed by atoms with Crippen molar-refractivity contribution in [2.24, 2.45) is 52.8 Å². The van der Waals surface area contributed by atoms with Gasteiger partial charge in [0.25, 0.3) is 0 Å². The minimum atomic E-state index is -0.553. The molecule has 0 aromatic rings. The van der Waals surface area contributed by atoms with Gasteiger partial charge in [-0.15, -0.1) is 0 Å². The van der Waals surface area contributed by atoms with Crippen molar-refractivity contribution in [2.75, 3.05) is 13.1 Å². The van der Waals surface area contributed by atoms with Crippen LogP contribution in [-0.2, 0) is 0 Å². The first-order valence-corrected chi connectivity index (χ1v) is 13.5. The normalized spacial score (nSPS) is 61.5. The van der Waals surface area contributed by atoms with Crippen molar-refractivity contribution < 1.29 is 15.3 Å². The summed E-state index contributed by atoms with van der Waals surface area (Å²) in [6.07, 6.45) is 9.43. The Morgan fingerprint density at radius 3 is 2.35 bits per heavy atom. The zero-order valence-electron chi connectivity index (χ0n) is 19.9. The monoisotopic (exact) mass is 431 g/mol. The van der Waals surface area contributed by atoms with Gasteiger partial charge in [-0.3, -0.25) is 4.90 Å². The molecule has 2 unspecified atom stereocenters. The number of rotatable bonds is 0. The second kappa shape index (κ2) is 7.17. The fourth-order valence-electron chi connectivity index (χ4n) is 10.6. The van der Waals surface area contributed by atoms with E-state index in [-0.39, 0.29) is 23.5 Å². The van der Waals surface area contributed by atoms with Gasteiger partial charge >= 0.3 is 0 Å². The molecule has 4 aliphatic carbocycles. The number of piperidine rings is 2. The molecule has 4 saturated carbocycles. The van der Waals surface area contributed by atoms with Crippen molar-refractivity contribution in [3.63, 3.8) is 0 Å². The third-order valence-corrected chi connectivity index (χ3v) is 12.0. The van der Waals surface area contributed by atoms with Crippen LogP contribution < -0.4 is 0 Å². The maximum absolute atomic E-state index is 11.8. The first-order valence-electron chi connectivity index (χ1n) is 13.5. The topological polar surface area (TPSA) is 63.9 Å². The molecule has 2 heterocycles. The highest BCUT2D eigenvalue weighted by Crippen LogP contribution is 2.67. The highest BCUT2D eigenvalue weighted by Gasteiger charge is 2.64. The number of hydrogen-bond donors (Lipinski definition) is 3. The largest absolute Gasteiger partial charge is 0.393 e. The molecule has 0 aromatic heterocycles. The van der Waals surface area contributed by atoms with E-state index < -0.39 is 5.60 Å². The Morgan fingerprint density at radius 1 is 0.742 bits per heavy atom. The summed E-state index contributed by atoms with van der Waals surface area (Å²) < 4.78 is 0. The minimum absolute atomic E-state index is 0.188. The van der Waals surface area contributed by atoms with Crippen LogP contribution in [0.2, 0.25) is 0 Å². The van der Waals surface area contributed by atoms with Crippen LogP contribution in [-0.4, -0.2) is 57.2 Å². The fourth-order valence-corrected chi connectivity index (χ4v) is 10.6. The van der Waals surface area contributed by atoms with Gasteiger partial charge in [0.15, 0.2) is 0 Å². The molecule has 0 amide bonds. The summed E-state index contributed by atoms with van der Waals surface area (Å²) >= 11 is 0. The van der Waals surface area contributed by atoms with E-state index >= 15 is 0 Å². The first-order chi connectivity index (χ1) is 14.7. The highest BCUT2D eigenvalue weighted by atomic mass is 16.3. The molecule has 4 nitrogen and oxygen atoms in total. The van der Waals surface area contributed by atoms with Crippen LogP contribution in [0.4, 0.5) is 0 Å². The second-order valence-corrected chi connectivity index (χ2v) is 13.4. The summed E-state index contributed by atoms with van der Waals surface area (Å²) in [5, 5.41) is 33.3. The van der Waals surface area contributed by atoms with Crippen LogP contribution in [0.5, 0.6) is 0 Å². The molecule has 0 bridgehead atoms. The zero-order chi connectivity index (χ0) is 21.7. The van der Waals surface area contributed by atoms with Gasteiger partial charge in [0.1, 0.15) is 0 Å². The molecule has 2 saturated heterocycles. The second-order valence-electron chi connectivity index (χ2n) is 13.4. The lowest BCUT2D eigenvalue weighted by molar-refractivity contribution is -0.176. The number of hydrogen-bond acceptors (Lipinski definition) is 4. The van der Waals surface area contributed by atoms with Crippen molar-refractivity contribution in [1.82, 2.24) is 4.90 Å². The van der Waals surface area contributed by atoms with E-state index in [1.807, 2.05) is 0 Å². The molecule has 3 N–H and O–H groups in total. The fraction of sp³-hybridized carbons (Fsp3) is 1.00. The predicted octanol–water partition coefficient (Wildman–Crippen LogP) is 3.68. The molecule has 0 spiro atoms. The van der Waals surface area contributed by atoms with E-state index in [0.29, 0.717) is 35.6 Å². The van der Waals surface area contributed by atoms with Gasteiger partial charge in [0.2, 0.25) is 0 Å². The minimum Gasteiger partial charge on any atom is -0.393 e. The molecule has 176 valence electrons. The van der Waals surface area contributed by atoms with Crippen LogP contribution >= 0.6 is 0 Å². The number of nitrogens with zero attached hydrogens (tertiary/aromatic N) is 1. The van der Waals surface area contributed by atoms with Crippen molar-refractivity contribution in [1.29, 1.82) is 0 Å². The van der Waals surface area contributed by atoms with E-state index in [1.165, 1.54) is 32.2 Å². The van der Waals surface area contributed by atoms with Crippen molar-refractivity contribution in [3.8, 4) is 0 Å². The van der Waals surface area contributed by atoms with Gasteiger partial charge in [-0.05, 0) is 117 Å². The molecule has 13 atom stereocenters. The van der Waals surface area contributed by atoms with Gasteiger partial charge < -0.3 is 15.3 Å². The maximum Gasteiger partial charge on any atom is 0.0805 e. The molecule has 6 aliphatic rings. The molecule has 6 fully saturated rings. The number of aliphatic hydroxyl groups excluding tert-OH is 2. The van der Waals surface area contributed by atoms with Gasteiger partial charge in [0, 0.05) is 19.1 Å². The predicted molar refractivity (Wildman–Crippen MR) is 121 cm³/mol. The lowest BCUT2D eigenvalue weighted by Crippen LogP contribution is -2.67. The Balaban J connectivity index is 1.30. The SMILES string of the molecule is C[C@H]1CCC2N(C1)C[C@H]1[C@@H]3CC4[C@@H](C[C@H](O)[C@H]5C[C@@H](O)CC[C@]45C)[C@@H]3CC[C@@H]1[C@@]2(C)O. The Bertz CT molecular complexity index is 711. The lowest BCUT2D eigenvalue weighted by atomic mass is 9.51. The summed E-state index contributed by atoms with van der Waals surface area (Å²) in [6.45, 7) is 9.36. The van der Waals surface area contributed by atoms with Crippen LogP contribution in [0.1, 0.15) is 78.6 Å².